The van der Waals surface area contributed by atoms with Crippen molar-refractivity contribution >= 4 is 11.6 Å². The van der Waals surface area contributed by atoms with Crippen LogP contribution in [0.3, 0.4) is 0 Å². The molecule has 0 unspecified atom stereocenters. The van der Waals surface area contributed by atoms with Crippen LogP contribution in [0.2, 0.25) is 5.02 Å². The van der Waals surface area contributed by atoms with Gasteiger partial charge in [0.05, 0.1) is 5.02 Å². The third kappa shape index (κ3) is 4.19. The van der Waals surface area contributed by atoms with Crippen molar-refractivity contribution in [1.82, 2.24) is 5.32 Å². The van der Waals surface area contributed by atoms with E-state index in [0.717, 1.165) is 24.1 Å². The summed E-state index contributed by atoms with van der Waals surface area (Å²) in [5.41, 5.74) is 1.85. The normalized spacial score (nSPS) is 10.7. The van der Waals surface area contributed by atoms with Crippen molar-refractivity contribution in [2.45, 2.75) is 26.8 Å². The second-order valence-corrected chi connectivity index (χ2v) is 5.35. The highest BCUT2D eigenvalue weighted by Gasteiger charge is 2.12. The monoisotopic (exact) mass is 307 g/mol. The fourth-order valence-corrected chi connectivity index (χ4v) is 2.24. The Hall–Kier alpha value is -1.58. The van der Waals surface area contributed by atoms with Gasteiger partial charge in [-0.1, -0.05) is 36.7 Å². The van der Waals surface area contributed by atoms with Crippen LogP contribution in [-0.4, -0.2) is 6.54 Å². The highest BCUT2D eigenvalue weighted by molar-refractivity contribution is 6.32. The quantitative estimate of drug-likeness (QED) is 0.751. The van der Waals surface area contributed by atoms with Gasteiger partial charge in [-0.15, -0.1) is 0 Å². The first-order chi connectivity index (χ1) is 10.1. The van der Waals surface area contributed by atoms with Crippen LogP contribution in [0.25, 0.3) is 0 Å². The maximum Gasteiger partial charge on any atom is 0.165 e. The third-order valence-electron chi connectivity index (χ3n) is 3.09. The maximum atomic E-state index is 13.8. The van der Waals surface area contributed by atoms with Crippen molar-refractivity contribution in [3.63, 3.8) is 0 Å². The minimum Gasteiger partial charge on any atom is -0.452 e. The molecule has 0 aromatic heterocycles. The molecule has 0 aliphatic carbocycles. The van der Waals surface area contributed by atoms with E-state index in [2.05, 4.69) is 12.2 Å². The van der Waals surface area contributed by atoms with Crippen molar-refractivity contribution in [2.24, 2.45) is 0 Å². The predicted molar refractivity (Wildman–Crippen MR) is 84.7 cm³/mol. The van der Waals surface area contributed by atoms with Crippen LogP contribution in [0.5, 0.6) is 11.5 Å². The zero-order chi connectivity index (χ0) is 15.2. The molecule has 1 N–H and O–H groups in total. The largest absolute Gasteiger partial charge is 0.452 e. The third-order valence-corrected chi connectivity index (χ3v) is 3.39. The van der Waals surface area contributed by atoms with Crippen molar-refractivity contribution in [3.8, 4) is 11.5 Å². The van der Waals surface area contributed by atoms with Crippen molar-refractivity contribution < 1.29 is 9.13 Å². The van der Waals surface area contributed by atoms with Gasteiger partial charge in [0, 0.05) is 12.1 Å². The van der Waals surface area contributed by atoms with Crippen LogP contribution < -0.4 is 10.1 Å². The molecule has 0 aliphatic rings. The van der Waals surface area contributed by atoms with Gasteiger partial charge in [-0.3, -0.25) is 0 Å². The van der Waals surface area contributed by atoms with Gasteiger partial charge in [-0.2, -0.15) is 0 Å². The number of halogens is 2. The van der Waals surface area contributed by atoms with Gasteiger partial charge in [-0.05, 0) is 43.7 Å². The number of benzene rings is 2. The fourth-order valence-electron chi connectivity index (χ4n) is 2.01. The highest BCUT2D eigenvalue weighted by Crippen LogP contribution is 2.34. The molecule has 0 atom stereocenters. The molecular formula is C17H19ClFNO. The number of hydrogen-bond acceptors (Lipinski definition) is 2. The van der Waals surface area contributed by atoms with Gasteiger partial charge in [-0.25, -0.2) is 4.39 Å². The number of rotatable bonds is 6. The van der Waals surface area contributed by atoms with E-state index < -0.39 is 5.82 Å². The Labute approximate surface area is 129 Å². The van der Waals surface area contributed by atoms with Gasteiger partial charge in [0.15, 0.2) is 17.3 Å². The number of para-hydroxylation sites is 1. The molecule has 4 heteroatoms. The average Bonchev–Trinajstić information content (AvgIpc) is 2.46. The number of ether oxygens (including phenoxy) is 1. The van der Waals surface area contributed by atoms with E-state index in [0.29, 0.717) is 17.3 Å². The summed E-state index contributed by atoms with van der Waals surface area (Å²) in [5.74, 6) is 0.306. The molecule has 0 heterocycles. The summed E-state index contributed by atoms with van der Waals surface area (Å²) in [5, 5.41) is 3.78. The lowest BCUT2D eigenvalue weighted by atomic mass is 10.2. The van der Waals surface area contributed by atoms with Gasteiger partial charge >= 0.3 is 0 Å². The highest BCUT2D eigenvalue weighted by atomic mass is 35.5. The van der Waals surface area contributed by atoms with E-state index in [1.165, 1.54) is 6.07 Å². The Morgan fingerprint density at radius 2 is 2.05 bits per heavy atom. The summed E-state index contributed by atoms with van der Waals surface area (Å²) in [6, 6.07) is 10.3. The lowest BCUT2D eigenvalue weighted by Gasteiger charge is -2.14. The standard InChI is InChI=1S/C17H19ClFNO/c1-3-9-20-11-13-5-4-6-14(18)17(13)21-16-10-12(2)7-8-15(16)19/h4-8,10,20H,3,9,11H2,1-2H3. The fraction of sp³-hybridized carbons (Fsp3) is 0.294. The lowest BCUT2D eigenvalue weighted by Crippen LogP contribution is -2.14. The van der Waals surface area contributed by atoms with Crippen LogP contribution in [0.1, 0.15) is 24.5 Å². The van der Waals surface area contributed by atoms with E-state index in [1.54, 1.807) is 18.2 Å². The molecule has 2 nitrogen and oxygen atoms in total. The van der Waals surface area contributed by atoms with Gasteiger partial charge in [0.2, 0.25) is 0 Å². The van der Waals surface area contributed by atoms with Crippen molar-refractivity contribution in [1.29, 1.82) is 0 Å². The van der Waals surface area contributed by atoms with Gasteiger partial charge < -0.3 is 10.1 Å². The maximum absolute atomic E-state index is 13.8. The lowest BCUT2D eigenvalue weighted by molar-refractivity contribution is 0.435. The topological polar surface area (TPSA) is 21.3 Å². The van der Waals surface area contributed by atoms with Crippen LogP contribution in [-0.2, 0) is 6.54 Å². The zero-order valence-corrected chi connectivity index (χ0v) is 13.0. The first kappa shape index (κ1) is 15.8. The molecule has 2 aromatic rings. The molecule has 2 rings (SSSR count). The van der Waals surface area contributed by atoms with E-state index in [4.69, 9.17) is 16.3 Å². The number of hydrogen-bond donors (Lipinski definition) is 1. The van der Waals surface area contributed by atoms with Gasteiger partial charge in [0.1, 0.15) is 0 Å². The molecule has 0 radical (unpaired) electrons. The number of aryl methyl sites for hydroxylation is 1. The Bertz CT molecular complexity index is 616. The molecule has 112 valence electrons. The molecule has 21 heavy (non-hydrogen) atoms. The second-order valence-electron chi connectivity index (χ2n) is 4.94. The molecule has 0 aliphatic heterocycles. The van der Waals surface area contributed by atoms with E-state index >= 15 is 0 Å². The first-order valence-corrected chi connectivity index (χ1v) is 7.41. The first-order valence-electron chi connectivity index (χ1n) is 7.04. The van der Waals surface area contributed by atoms with Crippen LogP contribution in [0, 0.1) is 12.7 Å². The molecular weight excluding hydrogens is 289 g/mol. The Balaban J connectivity index is 2.27. The summed E-state index contributed by atoms with van der Waals surface area (Å²) < 4.78 is 19.6. The molecule has 2 aromatic carbocycles. The SMILES string of the molecule is CCCNCc1cccc(Cl)c1Oc1cc(C)ccc1F. The minimum absolute atomic E-state index is 0.194. The molecule has 0 fully saturated rings. The Kier molecular flexibility index (Phi) is 5.59. The second kappa shape index (κ2) is 7.43. The molecule has 0 saturated heterocycles. The predicted octanol–water partition coefficient (Wildman–Crippen LogP) is 5.08. The molecule has 0 spiro atoms. The van der Waals surface area contributed by atoms with Crippen LogP contribution in [0.15, 0.2) is 36.4 Å². The summed E-state index contributed by atoms with van der Waals surface area (Å²) in [6.07, 6.45) is 1.04. The molecule has 0 saturated carbocycles. The Morgan fingerprint density at radius 3 is 2.81 bits per heavy atom. The molecule has 0 amide bonds. The van der Waals surface area contributed by atoms with Crippen LogP contribution in [0.4, 0.5) is 4.39 Å². The van der Waals surface area contributed by atoms with Crippen molar-refractivity contribution in [3.05, 3.63) is 58.4 Å². The van der Waals surface area contributed by atoms with Gasteiger partial charge in [0.25, 0.3) is 0 Å². The Morgan fingerprint density at radius 1 is 1.24 bits per heavy atom. The zero-order valence-electron chi connectivity index (χ0n) is 12.2. The summed E-state index contributed by atoms with van der Waals surface area (Å²) in [6.45, 7) is 5.54. The summed E-state index contributed by atoms with van der Waals surface area (Å²) in [4.78, 5) is 0. The minimum atomic E-state index is -0.395. The summed E-state index contributed by atoms with van der Waals surface area (Å²) >= 11 is 6.21. The summed E-state index contributed by atoms with van der Waals surface area (Å²) in [7, 11) is 0. The van der Waals surface area contributed by atoms with E-state index in [9.17, 15) is 4.39 Å². The smallest absolute Gasteiger partial charge is 0.165 e. The van der Waals surface area contributed by atoms with Crippen LogP contribution >= 0.6 is 11.6 Å². The average molecular weight is 308 g/mol. The van der Waals surface area contributed by atoms with E-state index in [-0.39, 0.29) is 5.75 Å². The molecule has 0 bridgehead atoms. The number of nitrogens with one attached hydrogen (secondary N) is 1. The van der Waals surface area contributed by atoms with Crippen molar-refractivity contribution in [2.75, 3.05) is 6.54 Å². The van der Waals surface area contributed by atoms with E-state index in [1.807, 2.05) is 19.1 Å².